The van der Waals surface area contributed by atoms with Crippen LogP contribution in [-0.4, -0.2) is 16.2 Å². The third kappa shape index (κ3) is 3.56. The summed E-state index contributed by atoms with van der Waals surface area (Å²) in [5.74, 6) is 0.686. The van der Waals surface area contributed by atoms with Gasteiger partial charge in [0.25, 0.3) is 0 Å². The highest BCUT2D eigenvalue weighted by Crippen LogP contribution is 2.15. The molecule has 1 N–H and O–H groups in total. The minimum atomic E-state index is 0.286. The van der Waals surface area contributed by atoms with E-state index in [1.54, 1.807) is 0 Å². The summed E-state index contributed by atoms with van der Waals surface area (Å²) >= 11 is 3.44. The van der Waals surface area contributed by atoms with Crippen LogP contribution in [0.3, 0.4) is 0 Å². The topological polar surface area (TPSA) is 51.0 Å². The first-order valence-electron chi connectivity index (χ1n) is 5.47. The average Bonchev–Trinajstić information content (AvgIpc) is 2.64. The van der Waals surface area contributed by atoms with Crippen LogP contribution in [0.5, 0.6) is 0 Å². The Labute approximate surface area is 109 Å². The molecule has 0 aliphatic rings. The molecular formula is C12H14BrN3O. The highest BCUT2D eigenvalue weighted by molar-refractivity contribution is 9.10. The maximum Gasteiger partial charge on any atom is 0.321 e. The quantitative estimate of drug-likeness (QED) is 0.941. The minimum Gasteiger partial charge on any atom is -0.336 e. The van der Waals surface area contributed by atoms with E-state index in [0.29, 0.717) is 18.3 Å². The number of benzene rings is 1. The van der Waals surface area contributed by atoms with Crippen molar-refractivity contribution in [2.24, 2.45) is 0 Å². The summed E-state index contributed by atoms with van der Waals surface area (Å²) in [6.07, 6.45) is 0.669. The lowest BCUT2D eigenvalue weighted by molar-refractivity contribution is 0.421. The van der Waals surface area contributed by atoms with Gasteiger partial charge in [-0.3, -0.25) is 0 Å². The van der Waals surface area contributed by atoms with Crippen molar-refractivity contribution >= 4 is 21.9 Å². The van der Waals surface area contributed by atoms with Crippen molar-refractivity contribution in [2.45, 2.75) is 26.3 Å². The predicted octanol–water partition coefficient (Wildman–Crippen LogP) is 3.24. The normalized spacial score (nSPS) is 10.8. The molecule has 0 saturated carbocycles. The number of rotatable bonds is 4. The van der Waals surface area contributed by atoms with E-state index in [-0.39, 0.29) is 6.04 Å². The van der Waals surface area contributed by atoms with Crippen molar-refractivity contribution in [3.05, 3.63) is 40.1 Å². The Morgan fingerprint density at radius 1 is 1.41 bits per heavy atom. The molecule has 0 aliphatic heterocycles. The molecule has 0 fully saturated rings. The first-order chi connectivity index (χ1) is 8.13. The van der Waals surface area contributed by atoms with Gasteiger partial charge in [-0.1, -0.05) is 33.2 Å². The largest absolute Gasteiger partial charge is 0.336 e. The highest BCUT2D eigenvalue weighted by atomic mass is 79.9. The molecule has 0 amide bonds. The van der Waals surface area contributed by atoms with Gasteiger partial charge in [0, 0.05) is 16.9 Å². The summed E-state index contributed by atoms with van der Waals surface area (Å²) in [4.78, 5) is 4.27. The zero-order chi connectivity index (χ0) is 12.3. The first-order valence-corrected chi connectivity index (χ1v) is 6.26. The van der Waals surface area contributed by atoms with Gasteiger partial charge in [-0.05, 0) is 31.5 Å². The minimum absolute atomic E-state index is 0.286. The monoisotopic (exact) mass is 295 g/mol. The second kappa shape index (κ2) is 5.31. The molecule has 0 aliphatic carbocycles. The number of aromatic nitrogens is 2. The average molecular weight is 296 g/mol. The third-order valence-corrected chi connectivity index (χ3v) is 2.62. The van der Waals surface area contributed by atoms with Gasteiger partial charge < -0.3 is 9.84 Å². The van der Waals surface area contributed by atoms with E-state index in [4.69, 9.17) is 4.52 Å². The van der Waals surface area contributed by atoms with E-state index in [0.717, 1.165) is 10.0 Å². The van der Waals surface area contributed by atoms with Gasteiger partial charge in [0.2, 0.25) is 0 Å². The lowest BCUT2D eigenvalue weighted by Gasteiger charge is -2.01. The molecule has 5 heteroatoms. The number of nitrogens with one attached hydrogen (secondary N) is 1. The highest BCUT2D eigenvalue weighted by Gasteiger charge is 2.07. The van der Waals surface area contributed by atoms with Crippen LogP contribution >= 0.6 is 15.9 Å². The number of nitrogens with zero attached hydrogens (tertiary/aromatic N) is 2. The molecule has 0 unspecified atom stereocenters. The van der Waals surface area contributed by atoms with Crippen LogP contribution in [0.2, 0.25) is 0 Å². The summed E-state index contributed by atoms with van der Waals surface area (Å²) in [7, 11) is 0. The second-order valence-electron chi connectivity index (χ2n) is 4.12. The fourth-order valence-corrected chi connectivity index (χ4v) is 1.91. The van der Waals surface area contributed by atoms with E-state index >= 15 is 0 Å². The summed E-state index contributed by atoms with van der Waals surface area (Å²) < 4.78 is 6.15. The fraction of sp³-hybridized carbons (Fsp3) is 0.333. The summed E-state index contributed by atoms with van der Waals surface area (Å²) in [5.41, 5.74) is 1.15. The second-order valence-corrected chi connectivity index (χ2v) is 5.04. The molecule has 4 nitrogen and oxygen atoms in total. The molecule has 0 bridgehead atoms. The Kier molecular flexibility index (Phi) is 3.78. The molecule has 1 heterocycles. The van der Waals surface area contributed by atoms with E-state index in [1.807, 2.05) is 38.1 Å². The van der Waals surface area contributed by atoms with Gasteiger partial charge in [0.1, 0.15) is 0 Å². The van der Waals surface area contributed by atoms with Gasteiger partial charge in [-0.2, -0.15) is 4.98 Å². The van der Waals surface area contributed by atoms with Crippen LogP contribution < -0.4 is 5.32 Å². The van der Waals surface area contributed by atoms with Crippen LogP contribution in [-0.2, 0) is 6.42 Å². The van der Waals surface area contributed by atoms with Crippen LogP contribution in [0.15, 0.2) is 33.3 Å². The van der Waals surface area contributed by atoms with Gasteiger partial charge in [-0.25, -0.2) is 0 Å². The molecule has 0 spiro atoms. The van der Waals surface area contributed by atoms with E-state index in [1.165, 1.54) is 0 Å². The Morgan fingerprint density at radius 2 is 2.24 bits per heavy atom. The predicted molar refractivity (Wildman–Crippen MR) is 70.0 cm³/mol. The Bertz CT molecular complexity index is 496. The molecule has 2 rings (SSSR count). The molecule has 0 saturated heterocycles. The lowest BCUT2D eigenvalue weighted by atomic mass is 10.1. The van der Waals surface area contributed by atoms with Gasteiger partial charge in [-0.15, -0.1) is 0 Å². The third-order valence-electron chi connectivity index (χ3n) is 2.13. The Balaban J connectivity index is 2.06. The van der Waals surface area contributed by atoms with Crippen LogP contribution in [0.1, 0.15) is 25.2 Å². The maximum atomic E-state index is 5.09. The summed E-state index contributed by atoms with van der Waals surface area (Å²) in [6, 6.07) is 8.83. The Hall–Kier alpha value is -1.36. The SMILES string of the molecule is CC(C)Nc1nc(Cc2cccc(Br)c2)no1. The molecule has 1 aromatic heterocycles. The summed E-state index contributed by atoms with van der Waals surface area (Å²) in [6.45, 7) is 4.05. The maximum absolute atomic E-state index is 5.09. The molecule has 2 aromatic rings. The molecule has 1 aromatic carbocycles. The number of halogens is 1. The molecule has 0 atom stereocenters. The van der Waals surface area contributed by atoms with Crippen molar-refractivity contribution in [2.75, 3.05) is 5.32 Å². The van der Waals surface area contributed by atoms with Crippen molar-refractivity contribution in [1.82, 2.24) is 10.1 Å². The summed E-state index contributed by atoms with van der Waals surface area (Å²) in [5, 5.41) is 7.00. The van der Waals surface area contributed by atoms with E-state index in [9.17, 15) is 0 Å². The van der Waals surface area contributed by atoms with E-state index in [2.05, 4.69) is 31.4 Å². The van der Waals surface area contributed by atoms with E-state index < -0.39 is 0 Å². The van der Waals surface area contributed by atoms with Crippen molar-refractivity contribution in [3.8, 4) is 0 Å². The standard InChI is InChI=1S/C12H14BrN3O/c1-8(2)14-12-15-11(16-17-12)7-9-4-3-5-10(13)6-9/h3-6,8H,7H2,1-2H3,(H,14,15,16). The van der Waals surface area contributed by atoms with Crippen LogP contribution in [0.4, 0.5) is 6.01 Å². The van der Waals surface area contributed by atoms with Crippen molar-refractivity contribution in [1.29, 1.82) is 0 Å². The van der Waals surface area contributed by atoms with Crippen molar-refractivity contribution in [3.63, 3.8) is 0 Å². The first kappa shape index (κ1) is 12.1. The number of anilines is 1. The number of hydrogen-bond acceptors (Lipinski definition) is 4. The lowest BCUT2D eigenvalue weighted by Crippen LogP contribution is -2.09. The van der Waals surface area contributed by atoms with Crippen molar-refractivity contribution < 1.29 is 4.52 Å². The van der Waals surface area contributed by atoms with Gasteiger partial charge in [0.05, 0.1) is 0 Å². The van der Waals surface area contributed by atoms with Crippen LogP contribution in [0.25, 0.3) is 0 Å². The molecule has 90 valence electrons. The zero-order valence-electron chi connectivity index (χ0n) is 9.77. The zero-order valence-corrected chi connectivity index (χ0v) is 11.4. The number of hydrogen-bond donors (Lipinski definition) is 1. The Morgan fingerprint density at radius 3 is 2.94 bits per heavy atom. The molecular weight excluding hydrogens is 282 g/mol. The van der Waals surface area contributed by atoms with Crippen LogP contribution in [0, 0.1) is 0 Å². The fourth-order valence-electron chi connectivity index (χ4n) is 1.46. The molecule has 0 radical (unpaired) electrons. The van der Waals surface area contributed by atoms with Gasteiger partial charge in [0.15, 0.2) is 5.82 Å². The smallest absolute Gasteiger partial charge is 0.321 e. The van der Waals surface area contributed by atoms with Gasteiger partial charge >= 0.3 is 6.01 Å². The molecule has 17 heavy (non-hydrogen) atoms.